The normalized spacial score (nSPS) is 11.2. The molecule has 0 amide bonds. The summed E-state index contributed by atoms with van der Waals surface area (Å²) in [4.78, 5) is 0.318. The van der Waals surface area contributed by atoms with Gasteiger partial charge >= 0.3 is 0 Å². The summed E-state index contributed by atoms with van der Waals surface area (Å²) in [6.45, 7) is 6.52. The number of nitrogens with two attached hydrogens (primary N) is 1. The lowest BCUT2D eigenvalue weighted by Gasteiger charge is -2.20. The van der Waals surface area contributed by atoms with Crippen molar-refractivity contribution in [3.63, 3.8) is 0 Å². The summed E-state index contributed by atoms with van der Waals surface area (Å²) < 4.78 is 6.89. The monoisotopic (exact) mass is 363 g/mol. The molecule has 0 unspecified atom stereocenters. The van der Waals surface area contributed by atoms with Gasteiger partial charge in [0.15, 0.2) is 0 Å². The lowest BCUT2D eigenvalue weighted by Crippen LogP contribution is -2.12. The third-order valence-electron chi connectivity index (χ3n) is 3.13. The van der Waals surface area contributed by atoms with Crippen LogP contribution in [0.4, 0.5) is 0 Å². The van der Waals surface area contributed by atoms with Crippen LogP contribution in [0.15, 0.2) is 46.9 Å². The van der Waals surface area contributed by atoms with Crippen LogP contribution in [0.1, 0.15) is 31.9 Å². The topological polar surface area (TPSA) is 35.2 Å². The minimum absolute atomic E-state index is 0.0745. The Balaban J connectivity index is 2.37. The Labute approximate surface area is 139 Å². The van der Waals surface area contributed by atoms with Crippen LogP contribution in [0, 0.1) is 0 Å². The SMILES string of the molecule is CC(C)(C)c1cccc(Oc2ccc(Br)cc2C(N)=S)c1. The molecule has 2 aromatic rings. The molecule has 21 heavy (non-hydrogen) atoms. The van der Waals surface area contributed by atoms with Gasteiger partial charge in [-0.05, 0) is 41.3 Å². The van der Waals surface area contributed by atoms with Gasteiger partial charge in [-0.3, -0.25) is 0 Å². The number of hydrogen-bond donors (Lipinski definition) is 1. The van der Waals surface area contributed by atoms with Gasteiger partial charge in [-0.2, -0.15) is 0 Å². The summed E-state index contributed by atoms with van der Waals surface area (Å²) in [6, 6.07) is 13.7. The number of halogens is 1. The Hall–Kier alpha value is -1.39. The van der Waals surface area contributed by atoms with Crippen molar-refractivity contribution in [2.75, 3.05) is 0 Å². The molecule has 2 nitrogen and oxygen atoms in total. The van der Waals surface area contributed by atoms with Crippen molar-refractivity contribution in [2.45, 2.75) is 26.2 Å². The summed E-state index contributed by atoms with van der Waals surface area (Å²) in [6.07, 6.45) is 0. The minimum Gasteiger partial charge on any atom is -0.457 e. The maximum atomic E-state index is 5.97. The molecule has 0 aliphatic rings. The van der Waals surface area contributed by atoms with E-state index in [0.29, 0.717) is 10.7 Å². The maximum absolute atomic E-state index is 5.97. The highest BCUT2D eigenvalue weighted by Crippen LogP contribution is 2.31. The van der Waals surface area contributed by atoms with E-state index in [4.69, 9.17) is 22.7 Å². The van der Waals surface area contributed by atoms with Crippen LogP contribution >= 0.6 is 28.1 Å². The lowest BCUT2D eigenvalue weighted by atomic mass is 9.87. The molecular weight excluding hydrogens is 346 g/mol. The van der Waals surface area contributed by atoms with Gasteiger partial charge in [-0.1, -0.05) is 61.1 Å². The third-order valence-corrected chi connectivity index (χ3v) is 3.85. The molecular formula is C17H18BrNOS. The fourth-order valence-electron chi connectivity index (χ4n) is 1.94. The predicted molar refractivity (Wildman–Crippen MR) is 95.2 cm³/mol. The van der Waals surface area contributed by atoms with E-state index >= 15 is 0 Å². The van der Waals surface area contributed by atoms with E-state index in [1.165, 1.54) is 5.56 Å². The number of thiocarbonyl (C=S) groups is 1. The van der Waals surface area contributed by atoms with Crippen LogP contribution in [0.2, 0.25) is 0 Å². The largest absolute Gasteiger partial charge is 0.457 e. The Morgan fingerprint density at radius 2 is 1.86 bits per heavy atom. The molecule has 0 bridgehead atoms. The Bertz CT molecular complexity index is 677. The average molecular weight is 364 g/mol. The van der Waals surface area contributed by atoms with Crippen LogP contribution in [0.3, 0.4) is 0 Å². The summed E-state index contributed by atoms with van der Waals surface area (Å²) in [7, 11) is 0. The van der Waals surface area contributed by atoms with Gasteiger partial charge in [0, 0.05) is 4.47 Å². The van der Waals surface area contributed by atoms with E-state index in [9.17, 15) is 0 Å². The van der Waals surface area contributed by atoms with Crippen LogP contribution in [-0.2, 0) is 5.41 Å². The second-order valence-electron chi connectivity index (χ2n) is 5.88. The van der Waals surface area contributed by atoms with E-state index < -0.39 is 0 Å². The van der Waals surface area contributed by atoms with Crippen LogP contribution in [-0.4, -0.2) is 4.99 Å². The molecule has 0 saturated heterocycles. The van der Waals surface area contributed by atoms with Crippen LogP contribution in [0.5, 0.6) is 11.5 Å². The standard InChI is InChI=1S/C17H18BrNOS/c1-17(2,3)11-5-4-6-13(9-11)20-15-8-7-12(18)10-14(15)16(19)21/h4-10H,1-3H3,(H2,19,21). The van der Waals surface area contributed by atoms with Gasteiger partial charge < -0.3 is 10.5 Å². The van der Waals surface area contributed by atoms with Crippen LogP contribution in [0.25, 0.3) is 0 Å². The molecule has 0 aromatic heterocycles. The van der Waals surface area contributed by atoms with Gasteiger partial charge in [-0.15, -0.1) is 0 Å². The summed E-state index contributed by atoms with van der Waals surface area (Å²) in [5.41, 5.74) is 7.78. The maximum Gasteiger partial charge on any atom is 0.137 e. The molecule has 2 N–H and O–H groups in total. The van der Waals surface area contributed by atoms with E-state index in [1.54, 1.807) is 0 Å². The molecule has 0 aliphatic heterocycles. The first-order valence-electron chi connectivity index (χ1n) is 6.65. The zero-order valence-corrected chi connectivity index (χ0v) is 14.7. The molecule has 0 spiro atoms. The van der Waals surface area contributed by atoms with Crippen molar-refractivity contribution < 1.29 is 4.74 Å². The molecule has 0 heterocycles. The average Bonchev–Trinajstić information content (AvgIpc) is 2.40. The lowest BCUT2D eigenvalue weighted by molar-refractivity contribution is 0.477. The third kappa shape index (κ3) is 4.05. The van der Waals surface area contributed by atoms with Crippen molar-refractivity contribution in [3.8, 4) is 11.5 Å². The van der Waals surface area contributed by atoms with E-state index in [2.05, 4.69) is 42.8 Å². The number of rotatable bonds is 3. The quantitative estimate of drug-likeness (QED) is 0.763. The van der Waals surface area contributed by atoms with Gasteiger partial charge in [0.25, 0.3) is 0 Å². The Morgan fingerprint density at radius 1 is 1.14 bits per heavy atom. The molecule has 0 radical (unpaired) electrons. The van der Waals surface area contributed by atoms with Crippen molar-refractivity contribution in [3.05, 3.63) is 58.1 Å². The van der Waals surface area contributed by atoms with Gasteiger partial charge in [-0.25, -0.2) is 0 Å². The smallest absolute Gasteiger partial charge is 0.137 e. The second kappa shape index (κ2) is 6.16. The molecule has 4 heteroatoms. The summed E-state index contributed by atoms with van der Waals surface area (Å²) in [5.74, 6) is 1.44. The number of hydrogen-bond acceptors (Lipinski definition) is 2. The molecule has 0 atom stereocenters. The van der Waals surface area contributed by atoms with Crippen LogP contribution < -0.4 is 10.5 Å². The first-order valence-corrected chi connectivity index (χ1v) is 7.85. The Kier molecular flexibility index (Phi) is 4.69. The van der Waals surface area contributed by atoms with Crippen molar-refractivity contribution >= 4 is 33.1 Å². The van der Waals surface area contributed by atoms with Crippen molar-refractivity contribution in [1.82, 2.24) is 0 Å². The highest BCUT2D eigenvalue weighted by Gasteiger charge is 2.15. The highest BCUT2D eigenvalue weighted by atomic mass is 79.9. The molecule has 110 valence electrons. The number of benzene rings is 2. The predicted octanol–water partition coefficient (Wildman–Crippen LogP) is 5.17. The van der Waals surface area contributed by atoms with Crippen molar-refractivity contribution in [2.24, 2.45) is 5.73 Å². The zero-order chi connectivity index (χ0) is 15.6. The summed E-state index contributed by atoms with van der Waals surface area (Å²) >= 11 is 8.50. The second-order valence-corrected chi connectivity index (χ2v) is 7.24. The van der Waals surface area contributed by atoms with Gasteiger partial charge in [0.2, 0.25) is 0 Å². The fourth-order valence-corrected chi connectivity index (χ4v) is 2.46. The Morgan fingerprint density at radius 3 is 2.48 bits per heavy atom. The molecule has 2 aromatic carbocycles. The van der Waals surface area contributed by atoms with E-state index in [0.717, 1.165) is 15.8 Å². The molecule has 2 rings (SSSR count). The van der Waals surface area contributed by atoms with Gasteiger partial charge in [0.05, 0.1) is 5.56 Å². The first-order chi connectivity index (χ1) is 9.77. The van der Waals surface area contributed by atoms with E-state index in [-0.39, 0.29) is 5.41 Å². The minimum atomic E-state index is 0.0745. The number of ether oxygens (including phenoxy) is 1. The fraction of sp³-hybridized carbons (Fsp3) is 0.235. The molecule has 0 fully saturated rings. The molecule has 0 aliphatic carbocycles. The highest BCUT2D eigenvalue weighted by molar-refractivity contribution is 9.10. The van der Waals surface area contributed by atoms with Crippen molar-refractivity contribution in [1.29, 1.82) is 0 Å². The first kappa shape index (κ1) is 16.0. The van der Waals surface area contributed by atoms with E-state index in [1.807, 2.05) is 36.4 Å². The van der Waals surface area contributed by atoms with Gasteiger partial charge in [0.1, 0.15) is 16.5 Å². The summed E-state index contributed by atoms with van der Waals surface area (Å²) in [5, 5.41) is 0. The molecule has 0 saturated carbocycles. The zero-order valence-electron chi connectivity index (χ0n) is 12.3.